The minimum absolute atomic E-state index is 0.104. The van der Waals surface area contributed by atoms with E-state index in [4.69, 9.17) is 9.26 Å². The first-order valence-electron chi connectivity index (χ1n) is 8.40. The number of para-hydroxylation sites is 1. The van der Waals surface area contributed by atoms with Crippen LogP contribution in [-0.2, 0) is 0 Å². The van der Waals surface area contributed by atoms with Crippen molar-refractivity contribution in [2.75, 3.05) is 12.4 Å². The van der Waals surface area contributed by atoms with Gasteiger partial charge in [0.2, 0.25) is 5.82 Å². The van der Waals surface area contributed by atoms with Gasteiger partial charge in [-0.1, -0.05) is 23.4 Å². The summed E-state index contributed by atoms with van der Waals surface area (Å²) in [5.74, 6) is 1.48. The summed E-state index contributed by atoms with van der Waals surface area (Å²) in [5, 5.41) is 18.5. The largest absolute Gasteiger partial charge is 0.496 e. The Balaban J connectivity index is 2.02. The number of hydrogen-bond donors (Lipinski definition) is 1. The molecule has 0 fully saturated rings. The summed E-state index contributed by atoms with van der Waals surface area (Å²) in [5.41, 5.74) is 2.74. The van der Waals surface area contributed by atoms with Crippen LogP contribution in [0.5, 0.6) is 5.75 Å². The Morgan fingerprint density at radius 1 is 1.22 bits per heavy atom. The third-order valence-corrected chi connectivity index (χ3v) is 4.32. The van der Waals surface area contributed by atoms with Crippen LogP contribution >= 0.6 is 0 Å². The van der Waals surface area contributed by atoms with Gasteiger partial charge in [-0.25, -0.2) is 4.98 Å². The second-order valence-electron chi connectivity index (χ2n) is 6.13. The van der Waals surface area contributed by atoms with Gasteiger partial charge in [-0.2, -0.15) is 0 Å². The second kappa shape index (κ2) is 7.45. The average molecular weight is 368 g/mol. The molecule has 0 aliphatic rings. The smallest absolute Gasteiger partial charge is 0.311 e. The third-order valence-electron chi connectivity index (χ3n) is 4.32. The molecule has 0 unspecified atom stereocenters. The lowest BCUT2D eigenvalue weighted by molar-refractivity contribution is -0.384. The molecule has 8 nitrogen and oxygen atoms in total. The number of ether oxygens (including phenoxy) is 1. The van der Waals surface area contributed by atoms with E-state index in [-0.39, 0.29) is 17.5 Å². The van der Waals surface area contributed by atoms with Crippen molar-refractivity contribution in [2.24, 2.45) is 0 Å². The molecule has 1 atom stereocenters. The van der Waals surface area contributed by atoms with Crippen LogP contribution in [0.2, 0.25) is 0 Å². The van der Waals surface area contributed by atoms with Crippen LogP contribution in [0.3, 0.4) is 0 Å². The highest BCUT2D eigenvalue weighted by molar-refractivity contribution is 5.69. The summed E-state index contributed by atoms with van der Waals surface area (Å²) in [6.45, 7) is 5.48. The zero-order valence-corrected chi connectivity index (χ0v) is 15.5. The van der Waals surface area contributed by atoms with Crippen LogP contribution in [-0.4, -0.2) is 22.2 Å². The fraction of sp³-hybridized carbons (Fsp3) is 0.263. The Labute approximate surface area is 156 Å². The number of methoxy groups -OCH3 is 1. The van der Waals surface area contributed by atoms with Gasteiger partial charge >= 0.3 is 5.69 Å². The second-order valence-corrected chi connectivity index (χ2v) is 6.13. The Hall–Kier alpha value is -3.42. The highest BCUT2D eigenvalue weighted by atomic mass is 16.6. The SMILES string of the molecule is COc1ccccc1[C@H](C)Nc1nc(-c2c(C)noc2C)ccc1[N+](=O)[O-]. The van der Waals surface area contributed by atoms with Gasteiger partial charge in [0.15, 0.2) is 0 Å². The molecule has 0 spiro atoms. The van der Waals surface area contributed by atoms with Crippen molar-refractivity contribution in [3.63, 3.8) is 0 Å². The first-order valence-corrected chi connectivity index (χ1v) is 8.40. The number of nitrogens with zero attached hydrogens (tertiary/aromatic N) is 3. The molecule has 0 aliphatic heterocycles. The molecule has 0 aliphatic carbocycles. The molecule has 3 aromatic rings. The number of nitrogens with one attached hydrogen (secondary N) is 1. The Morgan fingerprint density at radius 3 is 2.59 bits per heavy atom. The lowest BCUT2D eigenvalue weighted by Crippen LogP contribution is -2.11. The lowest BCUT2D eigenvalue weighted by atomic mass is 10.1. The van der Waals surface area contributed by atoms with Gasteiger partial charge in [-0.15, -0.1) is 0 Å². The summed E-state index contributed by atoms with van der Waals surface area (Å²) in [6.07, 6.45) is 0. The van der Waals surface area contributed by atoms with Crippen molar-refractivity contribution < 1.29 is 14.2 Å². The van der Waals surface area contributed by atoms with E-state index in [2.05, 4.69) is 15.5 Å². The molecule has 1 N–H and O–H groups in total. The van der Waals surface area contributed by atoms with Crippen molar-refractivity contribution >= 4 is 11.5 Å². The summed E-state index contributed by atoms with van der Waals surface area (Å²) in [4.78, 5) is 15.5. The van der Waals surface area contributed by atoms with E-state index in [1.807, 2.05) is 31.2 Å². The van der Waals surface area contributed by atoms with E-state index in [1.54, 1.807) is 27.0 Å². The average Bonchev–Trinajstić information content (AvgIpc) is 2.99. The minimum atomic E-state index is -0.457. The molecule has 3 rings (SSSR count). The molecule has 2 aromatic heterocycles. The summed E-state index contributed by atoms with van der Waals surface area (Å²) in [7, 11) is 1.59. The lowest BCUT2D eigenvalue weighted by Gasteiger charge is -2.18. The number of hydrogen-bond acceptors (Lipinski definition) is 7. The zero-order valence-electron chi connectivity index (χ0n) is 15.5. The van der Waals surface area contributed by atoms with Crippen molar-refractivity contribution in [2.45, 2.75) is 26.8 Å². The molecule has 2 heterocycles. The molecular formula is C19H20N4O4. The topological polar surface area (TPSA) is 103 Å². The highest BCUT2D eigenvalue weighted by Gasteiger charge is 2.22. The Morgan fingerprint density at radius 2 is 1.96 bits per heavy atom. The van der Waals surface area contributed by atoms with E-state index in [9.17, 15) is 10.1 Å². The van der Waals surface area contributed by atoms with Crippen molar-refractivity contribution in [1.82, 2.24) is 10.1 Å². The first-order chi connectivity index (χ1) is 12.9. The summed E-state index contributed by atoms with van der Waals surface area (Å²) >= 11 is 0. The van der Waals surface area contributed by atoms with Crippen LogP contribution in [0.4, 0.5) is 11.5 Å². The highest BCUT2D eigenvalue weighted by Crippen LogP contribution is 2.33. The maximum atomic E-state index is 11.5. The van der Waals surface area contributed by atoms with Crippen LogP contribution < -0.4 is 10.1 Å². The molecule has 0 amide bonds. The number of rotatable bonds is 6. The monoisotopic (exact) mass is 368 g/mol. The summed E-state index contributed by atoms with van der Waals surface area (Å²) in [6, 6.07) is 10.3. The molecule has 0 saturated heterocycles. The van der Waals surface area contributed by atoms with Crippen LogP contribution in [0.15, 0.2) is 40.9 Å². The van der Waals surface area contributed by atoms with Crippen molar-refractivity contribution in [3.8, 4) is 17.0 Å². The third kappa shape index (κ3) is 3.59. The van der Waals surface area contributed by atoms with Crippen LogP contribution in [0, 0.1) is 24.0 Å². The van der Waals surface area contributed by atoms with Gasteiger partial charge in [0.1, 0.15) is 11.5 Å². The van der Waals surface area contributed by atoms with E-state index < -0.39 is 4.92 Å². The van der Waals surface area contributed by atoms with Gasteiger partial charge in [-0.05, 0) is 32.9 Å². The quantitative estimate of drug-likeness (QED) is 0.506. The molecule has 8 heteroatoms. The minimum Gasteiger partial charge on any atom is -0.496 e. The van der Waals surface area contributed by atoms with Crippen LogP contribution in [0.25, 0.3) is 11.3 Å². The molecule has 1 aromatic carbocycles. The van der Waals surface area contributed by atoms with Gasteiger partial charge in [0, 0.05) is 11.6 Å². The number of benzene rings is 1. The molecular weight excluding hydrogens is 348 g/mol. The van der Waals surface area contributed by atoms with Gasteiger partial charge < -0.3 is 14.6 Å². The van der Waals surface area contributed by atoms with E-state index >= 15 is 0 Å². The fourth-order valence-electron chi connectivity index (χ4n) is 3.00. The standard InChI is InChI=1S/C19H20N4O4/c1-11(14-7-5-6-8-17(14)26-4)20-19-16(23(24)25)10-9-15(21-19)18-12(2)22-27-13(18)3/h5-11H,1-4H3,(H,20,21)/t11-/m0/s1. The molecule has 140 valence electrons. The zero-order chi connectivity index (χ0) is 19.6. The predicted octanol–water partition coefficient (Wildman–Crippen LogP) is 4.44. The van der Waals surface area contributed by atoms with E-state index in [1.165, 1.54) is 6.07 Å². The van der Waals surface area contributed by atoms with Crippen molar-refractivity contribution in [3.05, 3.63) is 63.5 Å². The normalized spacial score (nSPS) is 11.9. The fourth-order valence-corrected chi connectivity index (χ4v) is 3.00. The molecule has 27 heavy (non-hydrogen) atoms. The molecule has 0 radical (unpaired) electrons. The number of anilines is 1. The maximum Gasteiger partial charge on any atom is 0.311 e. The first kappa shape index (κ1) is 18.4. The number of aryl methyl sites for hydroxylation is 2. The van der Waals surface area contributed by atoms with Gasteiger partial charge in [-0.3, -0.25) is 10.1 Å². The number of nitro groups is 1. The van der Waals surface area contributed by atoms with E-state index in [0.717, 1.165) is 11.1 Å². The van der Waals surface area contributed by atoms with Crippen LogP contribution in [0.1, 0.15) is 30.0 Å². The maximum absolute atomic E-state index is 11.5. The molecule has 0 saturated carbocycles. The molecule has 0 bridgehead atoms. The number of pyridine rings is 1. The Bertz CT molecular complexity index is 964. The summed E-state index contributed by atoms with van der Waals surface area (Å²) < 4.78 is 10.6. The van der Waals surface area contributed by atoms with E-state index in [0.29, 0.717) is 22.9 Å². The predicted molar refractivity (Wildman–Crippen MR) is 101 cm³/mol. The Kier molecular flexibility index (Phi) is 5.07. The van der Waals surface area contributed by atoms with Gasteiger partial charge in [0.25, 0.3) is 0 Å². The van der Waals surface area contributed by atoms with Gasteiger partial charge in [0.05, 0.1) is 35.0 Å². The van der Waals surface area contributed by atoms with Crippen molar-refractivity contribution in [1.29, 1.82) is 0 Å². The number of aromatic nitrogens is 2.